The van der Waals surface area contributed by atoms with Gasteiger partial charge in [-0.25, -0.2) is 0 Å². The molecule has 2 aromatic heterocycles. The van der Waals surface area contributed by atoms with Crippen molar-refractivity contribution in [2.45, 2.75) is 31.0 Å². The van der Waals surface area contributed by atoms with Gasteiger partial charge in [-0.15, -0.1) is 10.2 Å². The number of amides is 2. The molecule has 2 fully saturated rings. The van der Waals surface area contributed by atoms with E-state index in [9.17, 15) is 9.59 Å². The Morgan fingerprint density at radius 1 is 1.29 bits per heavy atom. The minimum atomic E-state index is -0.283. The van der Waals surface area contributed by atoms with Crippen molar-refractivity contribution in [3.05, 3.63) is 54.2 Å². The number of piperazine rings is 1. The third-order valence-electron chi connectivity index (χ3n) is 5.82. The fraction of sp³-hybridized carbons (Fsp3) is 0.381. The second-order valence-electron chi connectivity index (χ2n) is 7.99. The molecule has 160 valence electrons. The van der Waals surface area contributed by atoms with Crippen molar-refractivity contribution >= 4 is 11.8 Å². The lowest BCUT2D eigenvalue weighted by molar-refractivity contribution is -0.129. The first-order valence-electron chi connectivity index (χ1n) is 10.3. The molecular weight excluding hydrogens is 398 g/mol. The number of fused-ring (bicyclic) bond motifs is 1. The van der Waals surface area contributed by atoms with E-state index in [0.29, 0.717) is 43.3 Å². The van der Waals surface area contributed by atoms with Gasteiger partial charge in [-0.2, -0.15) is 5.10 Å². The van der Waals surface area contributed by atoms with Crippen LogP contribution in [0.4, 0.5) is 0 Å². The van der Waals surface area contributed by atoms with E-state index in [2.05, 4.69) is 30.8 Å². The monoisotopic (exact) mass is 421 g/mol. The van der Waals surface area contributed by atoms with Gasteiger partial charge in [0.15, 0.2) is 0 Å². The molecule has 10 heteroatoms. The van der Waals surface area contributed by atoms with Crippen LogP contribution in [0.5, 0.6) is 0 Å². The fourth-order valence-electron chi connectivity index (χ4n) is 4.31. The van der Waals surface area contributed by atoms with Gasteiger partial charge in [0.2, 0.25) is 17.7 Å². The van der Waals surface area contributed by atoms with Crippen LogP contribution in [0.2, 0.25) is 0 Å². The summed E-state index contributed by atoms with van der Waals surface area (Å²) >= 11 is 0. The molecule has 10 nitrogen and oxygen atoms in total. The van der Waals surface area contributed by atoms with Crippen LogP contribution >= 0.6 is 0 Å². The zero-order valence-corrected chi connectivity index (χ0v) is 17.1. The van der Waals surface area contributed by atoms with Crippen molar-refractivity contribution in [2.75, 3.05) is 13.1 Å². The van der Waals surface area contributed by atoms with Crippen LogP contribution in [0.1, 0.15) is 22.7 Å². The molecule has 2 aliphatic heterocycles. The first-order valence-corrected chi connectivity index (χ1v) is 10.3. The molecule has 4 heterocycles. The lowest BCUT2D eigenvalue weighted by atomic mass is 10.1. The first-order chi connectivity index (χ1) is 15.1. The summed E-state index contributed by atoms with van der Waals surface area (Å²) in [4.78, 5) is 27.1. The maximum absolute atomic E-state index is 12.5. The molecule has 31 heavy (non-hydrogen) atoms. The van der Waals surface area contributed by atoms with Gasteiger partial charge in [0, 0.05) is 50.4 Å². The molecule has 0 bridgehead atoms. The smallest absolute Gasteiger partial charge is 0.254 e. The van der Waals surface area contributed by atoms with E-state index in [0.717, 1.165) is 5.56 Å². The SMILES string of the molecule is Cn1cc(C(=O)N[C@H]2C[C@H]3C(=O)NC[C@@H](Cc4nnc(-c5ccccc5)o4)N3C2)cn1. The Kier molecular flexibility index (Phi) is 4.99. The van der Waals surface area contributed by atoms with E-state index in [1.807, 2.05) is 30.3 Å². The summed E-state index contributed by atoms with van der Waals surface area (Å²) in [6.07, 6.45) is 4.30. The predicted octanol–water partition coefficient (Wildman–Crippen LogP) is 0.384. The van der Waals surface area contributed by atoms with Crippen molar-refractivity contribution in [3.8, 4) is 11.5 Å². The lowest BCUT2D eigenvalue weighted by Gasteiger charge is -2.36. The topological polar surface area (TPSA) is 118 Å². The van der Waals surface area contributed by atoms with Gasteiger partial charge in [-0.05, 0) is 18.6 Å². The predicted molar refractivity (Wildman–Crippen MR) is 110 cm³/mol. The Bertz CT molecular complexity index is 1090. The number of nitrogens with one attached hydrogen (secondary N) is 2. The van der Waals surface area contributed by atoms with Crippen molar-refractivity contribution in [1.82, 2.24) is 35.5 Å². The highest BCUT2D eigenvalue weighted by atomic mass is 16.4. The summed E-state index contributed by atoms with van der Waals surface area (Å²) in [6.45, 7) is 1.09. The number of rotatable bonds is 5. The van der Waals surface area contributed by atoms with Crippen molar-refractivity contribution in [2.24, 2.45) is 7.05 Å². The van der Waals surface area contributed by atoms with E-state index < -0.39 is 0 Å². The summed E-state index contributed by atoms with van der Waals surface area (Å²) in [5, 5.41) is 18.4. The van der Waals surface area contributed by atoms with Crippen molar-refractivity contribution in [3.63, 3.8) is 0 Å². The molecule has 0 radical (unpaired) electrons. The second-order valence-corrected chi connectivity index (χ2v) is 7.99. The maximum atomic E-state index is 12.5. The van der Waals surface area contributed by atoms with Crippen LogP contribution in [-0.2, 0) is 18.3 Å². The van der Waals surface area contributed by atoms with Crippen LogP contribution in [0.15, 0.2) is 47.1 Å². The Morgan fingerprint density at radius 2 is 2.13 bits per heavy atom. The zero-order chi connectivity index (χ0) is 21.4. The van der Waals surface area contributed by atoms with Gasteiger partial charge in [0.25, 0.3) is 5.91 Å². The normalized spacial score (nSPS) is 23.4. The molecule has 2 aliphatic rings. The molecule has 2 N–H and O–H groups in total. The quantitative estimate of drug-likeness (QED) is 0.612. The Balaban J connectivity index is 1.26. The van der Waals surface area contributed by atoms with E-state index >= 15 is 0 Å². The number of hydrogen-bond acceptors (Lipinski definition) is 7. The van der Waals surface area contributed by atoms with Gasteiger partial charge in [0.1, 0.15) is 0 Å². The van der Waals surface area contributed by atoms with Gasteiger partial charge >= 0.3 is 0 Å². The molecule has 0 aliphatic carbocycles. The second kappa shape index (κ2) is 7.95. The summed E-state index contributed by atoms with van der Waals surface area (Å²) in [6, 6.07) is 9.24. The van der Waals surface area contributed by atoms with E-state index in [1.165, 1.54) is 6.20 Å². The van der Waals surface area contributed by atoms with E-state index in [-0.39, 0.29) is 29.9 Å². The molecule has 0 saturated carbocycles. The standard InChI is InChI=1S/C21H23N7O3/c1-27-11-14(9-23-27)19(29)24-15-7-17-20(30)22-10-16(28(17)12-15)8-18-25-26-21(31-18)13-5-3-2-4-6-13/h2-6,9,11,15-17H,7-8,10,12H2,1H3,(H,22,30)(H,24,29)/t15-,16+,17-/m0/s1. The zero-order valence-electron chi connectivity index (χ0n) is 17.1. The van der Waals surface area contributed by atoms with Crippen LogP contribution < -0.4 is 10.6 Å². The van der Waals surface area contributed by atoms with Crippen LogP contribution in [0.25, 0.3) is 11.5 Å². The van der Waals surface area contributed by atoms with Gasteiger partial charge in [-0.1, -0.05) is 18.2 Å². The lowest BCUT2D eigenvalue weighted by Crippen LogP contribution is -2.58. The third kappa shape index (κ3) is 3.93. The summed E-state index contributed by atoms with van der Waals surface area (Å²) in [5.74, 6) is 0.820. The molecule has 1 aromatic carbocycles. The molecule has 5 rings (SSSR count). The average Bonchev–Trinajstić information content (AvgIpc) is 3.51. The minimum absolute atomic E-state index is 0.00937. The number of benzene rings is 1. The number of aromatic nitrogens is 4. The Hall–Kier alpha value is -3.53. The first kappa shape index (κ1) is 19.4. The molecule has 3 atom stereocenters. The molecule has 2 amide bonds. The summed E-state index contributed by atoms with van der Waals surface area (Å²) in [5.41, 5.74) is 1.38. The highest BCUT2D eigenvalue weighted by Crippen LogP contribution is 2.26. The number of nitrogens with zero attached hydrogens (tertiary/aromatic N) is 5. The highest BCUT2D eigenvalue weighted by molar-refractivity contribution is 5.94. The number of carbonyl (C=O) groups excluding carboxylic acids is 2. The minimum Gasteiger partial charge on any atom is -0.421 e. The molecular formula is C21H23N7O3. The molecule has 3 aromatic rings. The third-order valence-corrected chi connectivity index (χ3v) is 5.82. The van der Waals surface area contributed by atoms with Crippen molar-refractivity contribution < 1.29 is 14.0 Å². The largest absolute Gasteiger partial charge is 0.421 e. The van der Waals surface area contributed by atoms with E-state index in [1.54, 1.807) is 17.9 Å². The molecule has 0 unspecified atom stereocenters. The van der Waals surface area contributed by atoms with Gasteiger partial charge < -0.3 is 15.1 Å². The Morgan fingerprint density at radius 3 is 2.90 bits per heavy atom. The number of hydrogen-bond donors (Lipinski definition) is 2. The van der Waals surface area contributed by atoms with Gasteiger partial charge in [-0.3, -0.25) is 19.2 Å². The fourth-order valence-corrected chi connectivity index (χ4v) is 4.31. The maximum Gasteiger partial charge on any atom is 0.254 e. The molecule has 2 saturated heterocycles. The van der Waals surface area contributed by atoms with Gasteiger partial charge in [0.05, 0.1) is 17.8 Å². The number of carbonyl (C=O) groups is 2. The van der Waals surface area contributed by atoms with Crippen LogP contribution in [-0.4, -0.2) is 67.9 Å². The van der Waals surface area contributed by atoms with Crippen LogP contribution in [0.3, 0.4) is 0 Å². The summed E-state index contributed by atoms with van der Waals surface area (Å²) < 4.78 is 7.45. The molecule has 0 spiro atoms. The van der Waals surface area contributed by atoms with Crippen molar-refractivity contribution in [1.29, 1.82) is 0 Å². The van der Waals surface area contributed by atoms with Crippen LogP contribution in [0, 0.1) is 0 Å². The summed E-state index contributed by atoms with van der Waals surface area (Å²) in [7, 11) is 1.77. The highest BCUT2D eigenvalue weighted by Gasteiger charge is 2.44. The average molecular weight is 421 g/mol. The Labute approximate surface area is 178 Å². The van der Waals surface area contributed by atoms with E-state index in [4.69, 9.17) is 4.42 Å². The number of aryl methyl sites for hydroxylation is 1.